The van der Waals surface area contributed by atoms with Gasteiger partial charge in [-0.05, 0) is 63.9 Å². The third-order valence-electron chi connectivity index (χ3n) is 7.62. The zero-order chi connectivity index (χ0) is 29.5. The number of alkyl halides is 2. The van der Waals surface area contributed by atoms with Crippen molar-refractivity contribution in [3.8, 4) is 17.2 Å². The fourth-order valence-electron chi connectivity index (χ4n) is 5.60. The Morgan fingerprint density at radius 1 is 0.952 bits per heavy atom. The molecule has 6 rings (SSSR count). The van der Waals surface area contributed by atoms with E-state index in [2.05, 4.69) is 10.3 Å². The first-order chi connectivity index (χ1) is 20.2. The van der Waals surface area contributed by atoms with Crippen LogP contribution in [0.25, 0.3) is 32.8 Å². The first-order valence-corrected chi connectivity index (χ1v) is 13.6. The third-order valence-corrected chi connectivity index (χ3v) is 7.86. The summed E-state index contributed by atoms with van der Waals surface area (Å²) in [4.78, 5) is 31.8. The smallest absolute Gasteiger partial charge is 0.269 e. The lowest BCUT2D eigenvalue weighted by atomic mass is 9.88. The molecule has 42 heavy (non-hydrogen) atoms. The van der Waals surface area contributed by atoms with Crippen molar-refractivity contribution in [3.05, 3.63) is 113 Å². The number of benzene rings is 4. The van der Waals surface area contributed by atoms with Gasteiger partial charge in [-0.1, -0.05) is 66.2 Å². The van der Waals surface area contributed by atoms with Crippen molar-refractivity contribution in [1.29, 1.82) is 5.26 Å². The molecule has 0 saturated carbocycles. The number of nitriles is 1. The van der Waals surface area contributed by atoms with E-state index < -0.39 is 42.8 Å². The van der Waals surface area contributed by atoms with E-state index in [0.717, 1.165) is 26.8 Å². The highest BCUT2D eigenvalue weighted by Crippen LogP contribution is 2.45. The summed E-state index contributed by atoms with van der Waals surface area (Å²) >= 11 is 6.12. The number of hydrogen-bond donors (Lipinski definition) is 1. The molecule has 208 valence electrons. The van der Waals surface area contributed by atoms with Gasteiger partial charge in [0.15, 0.2) is 5.54 Å². The van der Waals surface area contributed by atoms with Crippen LogP contribution < -0.4 is 5.32 Å². The number of carbonyl (C=O) groups is 2. The van der Waals surface area contributed by atoms with Crippen molar-refractivity contribution in [3.63, 3.8) is 0 Å². The number of halogens is 3. The van der Waals surface area contributed by atoms with Crippen LogP contribution in [-0.2, 0) is 10.3 Å². The quantitative estimate of drug-likeness (QED) is 0.250. The van der Waals surface area contributed by atoms with Crippen molar-refractivity contribution in [2.75, 3.05) is 13.1 Å². The van der Waals surface area contributed by atoms with E-state index in [1.165, 1.54) is 6.20 Å². The van der Waals surface area contributed by atoms with Crippen LogP contribution >= 0.6 is 11.6 Å². The Balaban J connectivity index is 1.26. The largest absolute Gasteiger partial charge is 0.343 e. The predicted octanol–water partition coefficient (Wildman–Crippen LogP) is 6.72. The Bertz CT molecular complexity index is 1910. The summed E-state index contributed by atoms with van der Waals surface area (Å²) in [6.45, 7) is -1.47. The number of pyridine rings is 1. The SMILES string of the molecule is N#C[C@]1(c2ccccc2)CC(F)(F)CN1C(=O)CNC(=O)c1ccnc2ccc(-c3ccc4cc(Cl)ccc4c3)cc12. The molecular formula is C33H23ClF2N4O2. The molecule has 1 aliphatic rings. The minimum atomic E-state index is -3.25. The Labute approximate surface area is 245 Å². The van der Waals surface area contributed by atoms with Crippen LogP contribution in [0, 0.1) is 11.3 Å². The average Bonchev–Trinajstić information content (AvgIpc) is 3.31. The number of hydrogen-bond acceptors (Lipinski definition) is 4. The Morgan fingerprint density at radius 2 is 1.67 bits per heavy atom. The summed E-state index contributed by atoms with van der Waals surface area (Å²) in [7, 11) is 0. The first-order valence-electron chi connectivity index (χ1n) is 13.2. The van der Waals surface area contributed by atoms with Crippen molar-refractivity contribution < 1.29 is 18.4 Å². The van der Waals surface area contributed by atoms with Gasteiger partial charge < -0.3 is 10.2 Å². The van der Waals surface area contributed by atoms with Crippen LogP contribution in [0.1, 0.15) is 22.3 Å². The molecule has 0 bridgehead atoms. The van der Waals surface area contributed by atoms with Gasteiger partial charge in [-0.15, -0.1) is 0 Å². The molecule has 5 aromatic rings. The minimum absolute atomic E-state index is 0.281. The van der Waals surface area contributed by atoms with Gasteiger partial charge in [0.1, 0.15) is 0 Å². The first kappa shape index (κ1) is 27.3. The van der Waals surface area contributed by atoms with Gasteiger partial charge in [0.05, 0.1) is 36.7 Å². The van der Waals surface area contributed by atoms with Crippen LogP contribution in [0.5, 0.6) is 0 Å². The van der Waals surface area contributed by atoms with E-state index in [-0.39, 0.29) is 5.56 Å². The highest BCUT2D eigenvalue weighted by molar-refractivity contribution is 6.31. The molecule has 9 heteroatoms. The number of nitrogens with zero attached hydrogens (tertiary/aromatic N) is 3. The number of carbonyl (C=O) groups excluding carboxylic acids is 2. The number of aromatic nitrogens is 1. The van der Waals surface area contributed by atoms with Gasteiger partial charge in [-0.25, -0.2) is 8.78 Å². The van der Waals surface area contributed by atoms with Crippen molar-refractivity contribution >= 4 is 45.1 Å². The highest BCUT2D eigenvalue weighted by atomic mass is 35.5. The molecule has 0 spiro atoms. The van der Waals surface area contributed by atoms with Gasteiger partial charge in [-0.2, -0.15) is 5.26 Å². The molecule has 2 amide bonds. The molecule has 0 radical (unpaired) electrons. The fraction of sp³-hybridized carbons (Fsp3) is 0.152. The third kappa shape index (κ3) is 4.93. The maximum atomic E-state index is 14.6. The molecule has 6 nitrogen and oxygen atoms in total. The molecule has 1 fully saturated rings. The minimum Gasteiger partial charge on any atom is -0.343 e. The van der Waals surface area contributed by atoms with Crippen LogP contribution in [0.4, 0.5) is 8.78 Å². The van der Waals surface area contributed by atoms with Gasteiger partial charge in [-0.3, -0.25) is 14.6 Å². The molecule has 1 saturated heterocycles. The van der Waals surface area contributed by atoms with Gasteiger partial charge in [0, 0.05) is 16.6 Å². The lowest BCUT2D eigenvalue weighted by molar-refractivity contribution is -0.133. The predicted molar refractivity (Wildman–Crippen MR) is 157 cm³/mol. The normalized spacial score (nSPS) is 17.7. The molecule has 4 aromatic carbocycles. The summed E-state index contributed by atoms with van der Waals surface area (Å²) < 4.78 is 29.2. The van der Waals surface area contributed by atoms with Gasteiger partial charge in [0.25, 0.3) is 11.8 Å². The van der Waals surface area contributed by atoms with E-state index in [9.17, 15) is 23.6 Å². The molecule has 1 aromatic heterocycles. The van der Waals surface area contributed by atoms with E-state index in [0.29, 0.717) is 21.5 Å². The monoisotopic (exact) mass is 580 g/mol. The van der Waals surface area contributed by atoms with E-state index in [1.54, 1.807) is 36.4 Å². The summed E-state index contributed by atoms with van der Waals surface area (Å²) in [5.41, 5.74) is 1.12. The highest BCUT2D eigenvalue weighted by Gasteiger charge is 2.58. The number of amides is 2. The van der Waals surface area contributed by atoms with Crippen molar-refractivity contribution in [2.24, 2.45) is 0 Å². The van der Waals surface area contributed by atoms with E-state index >= 15 is 0 Å². The zero-order valence-electron chi connectivity index (χ0n) is 22.2. The molecule has 2 heterocycles. The Hall–Kier alpha value is -4.87. The molecule has 1 N–H and O–H groups in total. The van der Waals surface area contributed by atoms with Crippen molar-refractivity contribution in [1.82, 2.24) is 15.2 Å². The second kappa shape index (κ2) is 10.5. The molecule has 0 unspecified atom stereocenters. The Morgan fingerprint density at radius 3 is 2.45 bits per heavy atom. The van der Waals surface area contributed by atoms with Crippen LogP contribution in [0.2, 0.25) is 5.02 Å². The number of nitrogens with one attached hydrogen (secondary N) is 1. The molecule has 1 atom stereocenters. The standard InChI is InChI=1S/C33H23ClF2N4O2/c34-26-10-8-22-14-21(6-7-23(22)15-26)24-9-11-29-28(16-24)27(12-13-38-29)31(42)39-17-30(41)40-20-33(35,36)18-32(40,19-37)25-4-2-1-3-5-25/h1-16H,17-18,20H2,(H,39,42)/t32-/m0/s1. The van der Waals surface area contributed by atoms with Crippen molar-refractivity contribution in [2.45, 2.75) is 17.9 Å². The maximum Gasteiger partial charge on any atom is 0.269 e. The number of rotatable bonds is 5. The fourth-order valence-corrected chi connectivity index (χ4v) is 5.78. The molecule has 0 aliphatic carbocycles. The van der Waals surface area contributed by atoms with E-state index in [1.807, 2.05) is 60.7 Å². The molecule has 1 aliphatic heterocycles. The summed E-state index contributed by atoms with van der Waals surface area (Å²) in [5, 5.41) is 15.8. The Kier molecular flexibility index (Phi) is 6.83. The lowest BCUT2D eigenvalue weighted by Crippen LogP contribution is -2.48. The summed E-state index contributed by atoms with van der Waals surface area (Å²) in [6.07, 6.45) is 0.676. The number of likely N-dealkylation sites (tertiary alicyclic amines) is 1. The second-order valence-electron chi connectivity index (χ2n) is 10.3. The topological polar surface area (TPSA) is 86.1 Å². The van der Waals surface area contributed by atoms with Crippen LogP contribution in [0.3, 0.4) is 0 Å². The lowest BCUT2D eigenvalue weighted by Gasteiger charge is -2.32. The average molecular weight is 581 g/mol. The maximum absolute atomic E-state index is 14.6. The van der Waals surface area contributed by atoms with Gasteiger partial charge in [0.2, 0.25) is 5.91 Å². The molecular weight excluding hydrogens is 558 g/mol. The zero-order valence-corrected chi connectivity index (χ0v) is 22.9. The van der Waals surface area contributed by atoms with Crippen LogP contribution in [-0.4, -0.2) is 40.7 Å². The van der Waals surface area contributed by atoms with Crippen LogP contribution in [0.15, 0.2) is 97.2 Å². The number of fused-ring (bicyclic) bond motifs is 2. The summed E-state index contributed by atoms with van der Waals surface area (Å²) in [5.74, 6) is -4.59. The second-order valence-corrected chi connectivity index (χ2v) is 10.8. The van der Waals surface area contributed by atoms with Gasteiger partial charge >= 0.3 is 0 Å². The summed E-state index contributed by atoms with van der Waals surface area (Å²) in [6, 6.07) is 28.8. The van der Waals surface area contributed by atoms with E-state index in [4.69, 9.17) is 11.6 Å².